The van der Waals surface area contributed by atoms with Crippen LogP contribution in [0.2, 0.25) is 0 Å². The zero-order chi connectivity index (χ0) is 19.6. The Labute approximate surface area is 152 Å². The second-order valence-electron chi connectivity index (χ2n) is 5.71. The molecule has 9 heteroatoms. The minimum Gasteiger partial charge on any atom is -0.366 e. The Hall–Kier alpha value is -4.01. The molecule has 3 aromatic rings. The summed E-state index contributed by atoms with van der Waals surface area (Å²) in [5, 5.41) is 7.02. The number of benzene rings is 2. The number of carbonyl (C=O) groups is 3. The van der Waals surface area contributed by atoms with Gasteiger partial charge in [0.25, 0.3) is 11.5 Å². The molecule has 0 bridgehead atoms. The summed E-state index contributed by atoms with van der Waals surface area (Å²) in [5.74, 6) is -2.02. The lowest BCUT2D eigenvalue weighted by Gasteiger charge is -2.10. The van der Waals surface area contributed by atoms with Gasteiger partial charge < -0.3 is 16.8 Å². The molecule has 5 N–H and O–H groups in total. The highest BCUT2D eigenvalue weighted by atomic mass is 16.2. The highest BCUT2D eigenvalue weighted by Crippen LogP contribution is 2.13. The van der Waals surface area contributed by atoms with Gasteiger partial charge in [0, 0.05) is 16.6 Å². The van der Waals surface area contributed by atoms with Crippen molar-refractivity contribution in [1.82, 2.24) is 9.78 Å². The number of nitrogens with two attached hydrogens (primary N) is 2. The largest absolute Gasteiger partial charge is 0.366 e. The standard InChI is InChI=1S/C18H15N5O4/c19-16(25)10-4-3-5-11(8-10)21-14(24)9-23-18(27)13-7-2-1-6-12(13)15(22-23)17(20)26/h1-8H,9H2,(H2,19,25)(H2,20,26)(H,21,24). The molecule has 0 saturated heterocycles. The highest BCUT2D eigenvalue weighted by molar-refractivity contribution is 6.04. The lowest BCUT2D eigenvalue weighted by atomic mass is 10.1. The number of hydrogen-bond donors (Lipinski definition) is 3. The second-order valence-corrected chi connectivity index (χ2v) is 5.71. The Morgan fingerprint density at radius 1 is 0.963 bits per heavy atom. The van der Waals surface area contributed by atoms with Crippen LogP contribution in [0.4, 0.5) is 5.69 Å². The first kappa shape index (κ1) is 17.8. The number of fused-ring (bicyclic) bond motifs is 1. The van der Waals surface area contributed by atoms with Crippen molar-refractivity contribution in [2.24, 2.45) is 11.5 Å². The van der Waals surface area contributed by atoms with Crippen LogP contribution in [0.1, 0.15) is 20.8 Å². The van der Waals surface area contributed by atoms with E-state index in [1.165, 1.54) is 18.2 Å². The quantitative estimate of drug-likeness (QED) is 0.591. The number of rotatable bonds is 5. The maximum Gasteiger partial charge on any atom is 0.275 e. The fourth-order valence-electron chi connectivity index (χ4n) is 2.61. The second kappa shape index (κ2) is 7.08. The Morgan fingerprint density at radius 2 is 1.67 bits per heavy atom. The van der Waals surface area contributed by atoms with Crippen molar-refractivity contribution >= 4 is 34.2 Å². The van der Waals surface area contributed by atoms with Gasteiger partial charge in [0.1, 0.15) is 6.54 Å². The van der Waals surface area contributed by atoms with E-state index in [1.807, 2.05) is 0 Å². The Kier molecular flexibility index (Phi) is 4.67. The summed E-state index contributed by atoms with van der Waals surface area (Å²) in [7, 11) is 0. The number of anilines is 1. The van der Waals surface area contributed by atoms with Gasteiger partial charge in [-0.25, -0.2) is 4.68 Å². The van der Waals surface area contributed by atoms with E-state index in [0.717, 1.165) is 4.68 Å². The molecular formula is C18H15N5O4. The van der Waals surface area contributed by atoms with Crippen LogP contribution in [-0.2, 0) is 11.3 Å². The minimum absolute atomic E-state index is 0.103. The van der Waals surface area contributed by atoms with Crippen molar-refractivity contribution in [3.05, 3.63) is 70.1 Å². The average Bonchev–Trinajstić information content (AvgIpc) is 2.64. The van der Waals surface area contributed by atoms with Gasteiger partial charge in [0.15, 0.2) is 5.69 Å². The molecule has 0 radical (unpaired) electrons. The lowest BCUT2D eigenvalue weighted by molar-refractivity contribution is -0.117. The van der Waals surface area contributed by atoms with Crippen molar-refractivity contribution in [1.29, 1.82) is 0 Å². The summed E-state index contributed by atoms with van der Waals surface area (Å²) >= 11 is 0. The molecule has 9 nitrogen and oxygen atoms in total. The van der Waals surface area contributed by atoms with E-state index < -0.39 is 29.8 Å². The SMILES string of the molecule is NC(=O)c1cccc(NC(=O)Cn2nc(C(N)=O)c3ccccc3c2=O)c1. The highest BCUT2D eigenvalue weighted by Gasteiger charge is 2.16. The molecule has 0 atom stereocenters. The molecular weight excluding hydrogens is 350 g/mol. The summed E-state index contributed by atoms with van der Waals surface area (Å²) in [5.41, 5.74) is 10.5. The predicted molar refractivity (Wildman–Crippen MR) is 98.1 cm³/mol. The third-order valence-corrected chi connectivity index (χ3v) is 3.83. The van der Waals surface area contributed by atoms with E-state index in [9.17, 15) is 19.2 Å². The van der Waals surface area contributed by atoms with Gasteiger partial charge >= 0.3 is 0 Å². The molecule has 136 valence electrons. The Balaban J connectivity index is 1.92. The van der Waals surface area contributed by atoms with Crippen LogP contribution in [0.25, 0.3) is 10.8 Å². The Bertz CT molecular complexity index is 1140. The topological polar surface area (TPSA) is 150 Å². The van der Waals surface area contributed by atoms with E-state index in [4.69, 9.17) is 11.5 Å². The van der Waals surface area contributed by atoms with Crippen LogP contribution in [0.15, 0.2) is 53.3 Å². The van der Waals surface area contributed by atoms with E-state index in [-0.39, 0.29) is 16.6 Å². The summed E-state index contributed by atoms with van der Waals surface area (Å²) in [6.07, 6.45) is 0. The fraction of sp³-hybridized carbons (Fsp3) is 0.0556. The van der Waals surface area contributed by atoms with Gasteiger partial charge in [0.2, 0.25) is 11.8 Å². The van der Waals surface area contributed by atoms with Gasteiger partial charge in [-0.1, -0.05) is 24.3 Å². The maximum absolute atomic E-state index is 12.5. The molecule has 0 aliphatic carbocycles. The summed E-state index contributed by atoms with van der Waals surface area (Å²) in [6, 6.07) is 12.4. The number of hydrogen-bond acceptors (Lipinski definition) is 5. The number of aromatic nitrogens is 2. The van der Waals surface area contributed by atoms with Gasteiger partial charge in [0.05, 0.1) is 5.39 Å². The van der Waals surface area contributed by atoms with E-state index in [0.29, 0.717) is 11.1 Å². The molecule has 3 amide bonds. The zero-order valence-corrected chi connectivity index (χ0v) is 14.0. The molecule has 2 aromatic carbocycles. The van der Waals surface area contributed by atoms with Crippen LogP contribution < -0.4 is 22.3 Å². The molecule has 1 heterocycles. The third-order valence-electron chi connectivity index (χ3n) is 3.83. The summed E-state index contributed by atoms with van der Waals surface area (Å²) in [4.78, 5) is 47.7. The average molecular weight is 365 g/mol. The number of nitrogens with zero attached hydrogens (tertiary/aromatic N) is 2. The normalized spacial score (nSPS) is 10.5. The number of carbonyl (C=O) groups excluding carboxylic acids is 3. The van der Waals surface area contributed by atoms with Gasteiger partial charge in [-0.05, 0) is 24.3 Å². The number of primary amides is 2. The van der Waals surface area contributed by atoms with Crippen LogP contribution in [0, 0.1) is 0 Å². The fourth-order valence-corrected chi connectivity index (χ4v) is 2.61. The van der Waals surface area contributed by atoms with Crippen LogP contribution >= 0.6 is 0 Å². The molecule has 3 rings (SSSR count). The van der Waals surface area contributed by atoms with Crippen LogP contribution in [-0.4, -0.2) is 27.5 Å². The number of amides is 3. The van der Waals surface area contributed by atoms with Crippen molar-refractivity contribution in [3.63, 3.8) is 0 Å². The van der Waals surface area contributed by atoms with E-state index in [2.05, 4.69) is 10.4 Å². The molecule has 27 heavy (non-hydrogen) atoms. The summed E-state index contributed by atoms with van der Waals surface area (Å²) < 4.78 is 0.871. The summed E-state index contributed by atoms with van der Waals surface area (Å²) in [6.45, 7) is -0.440. The molecule has 1 aromatic heterocycles. The first-order valence-electron chi connectivity index (χ1n) is 7.86. The maximum atomic E-state index is 12.5. The number of nitrogens with one attached hydrogen (secondary N) is 1. The monoisotopic (exact) mass is 365 g/mol. The molecule has 0 saturated carbocycles. The van der Waals surface area contributed by atoms with Crippen molar-refractivity contribution in [2.45, 2.75) is 6.54 Å². The smallest absolute Gasteiger partial charge is 0.275 e. The van der Waals surface area contributed by atoms with Crippen molar-refractivity contribution in [2.75, 3.05) is 5.32 Å². The van der Waals surface area contributed by atoms with Gasteiger partial charge in [-0.2, -0.15) is 5.10 Å². The molecule has 0 fully saturated rings. The lowest BCUT2D eigenvalue weighted by Crippen LogP contribution is -2.32. The predicted octanol–water partition coefficient (Wildman–Crippen LogP) is 0.233. The van der Waals surface area contributed by atoms with Crippen molar-refractivity contribution < 1.29 is 14.4 Å². The first-order valence-corrected chi connectivity index (χ1v) is 7.86. The molecule has 0 aliphatic heterocycles. The minimum atomic E-state index is -0.811. The Morgan fingerprint density at radius 3 is 2.33 bits per heavy atom. The van der Waals surface area contributed by atoms with Gasteiger partial charge in [-0.15, -0.1) is 0 Å². The zero-order valence-electron chi connectivity index (χ0n) is 14.0. The van der Waals surface area contributed by atoms with Crippen LogP contribution in [0.3, 0.4) is 0 Å². The third kappa shape index (κ3) is 3.66. The van der Waals surface area contributed by atoms with Gasteiger partial charge in [-0.3, -0.25) is 19.2 Å². The molecule has 0 unspecified atom stereocenters. The van der Waals surface area contributed by atoms with E-state index in [1.54, 1.807) is 30.3 Å². The van der Waals surface area contributed by atoms with Crippen molar-refractivity contribution in [3.8, 4) is 0 Å². The molecule has 0 aliphatic rings. The van der Waals surface area contributed by atoms with E-state index >= 15 is 0 Å². The molecule has 0 spiro atoms. The van der Waals surface area contributed by atoms with Crippen LogP contribution in [0.5, 0.6) is 0 Å². The first-order chi connectivity index (χ1) is 12.9.